The molecule has 2 aliphatic carbocycles. The number of rotatable bonds is 5. The zero-order chi connectivity index (χ0) is 21.1. The molecule has 1 N–H and O–H groups in total. The van der Waals surface area contributed by atoms with Crippen LogP contribution in [0.2, 0.25) is 0 Å². The van der Waals surface area contributed by atoms with E-state index in [-0.39, 0.29) is 27.8 Å². The number of benzene rings is 1. The largest absolute Gasteiger partial charge is 0.495 e. The number of anilines is 1. The Labute approximate surface area is 181 Å². The van der Waals surface area contributed by atoms with Gasteiger partial charge < -0.3 is 14.0 Å². The Hall–Kier alpha value is -2.59. The molecule has 2 aromatic heterocycles. The van der Waals surface area contributed by atoms with Gasteiger partial charge in [0.15, 0.2) is 16.5 Å². The molecule has 3 aromatic rings. The molecule has 2 heterocycles. The Balaban J connectivity index is 1.60. The van der Waals surface area contributed by atoms with E-state index in [2.05, 4.69) is 36.9 Å². The molecule has 0 aliphatic heterocycles. The van der Waals surface area contributed by atoms with Crippen LogP contribution in [0.5, 0.6) is 11.6 Å². The monoisotopic (exact) mass is 491 g/mol. The van der Waals surface area contributed by atoms with Gasteiger partial charge in [-0.1, -0.05) is 27.2 Å². The first-order chi connectivity index (χ1) is 14.4. The number of fused-ring (bicyclic) bond motifs is 4. The molecule has 8 nitrogen and oxygen atoms in total. The van der Waals surface area contributed by atoms with Crippen LogP contribution in [0.15, 0.2) is 44.4 Å². The van der Waals surface area contributed by atoms with E-state index >= 15 is 0 Å². The van der Waals surface area contributed by atoms with E-state index in [4.69, 9.17) is 14.0 Å². The van der Waals surface area contributed by atoms with Crippen LogP contribution in [0.4, 0.5) is 5.82 Å². The van der Waals surface area contributed by atoms with Crippen molar-refractivity contribution in [2.45, 2.75) is 29.6 Å². The summed E-state index contributed by atoms with van der Waals surface area (Å²) >= 11 is 3.51. The van der Waals surface area contributed by atoms with Crippen molar-refractivity contribution < 1.29 is 22.4 Å². The number of hydrogen-bond acceptors (Lipinski definition) is 7. The highest BCUT2D eigenvalue weighted by atomic mass is 79.9. The van der Waals surface area contributed by atoms with Gasteiger partial charge in [-0.2, -0.15) is 0 Å². The molecule has 0 saturated heterocycles. The number of ether oxygens (including phenoxy) is 2. The second-order valence-electron chi connectivity index (χ2n) is 7.44. The van der Waals surface area contributed by atoms with Gasteiger partial charge in [-0.15, -0.1) is 0 Å². The first-order valence-corrected chi connectivity index (χ1v) is 11.5. The first-order valence-electron chi connectivity index (χ1n) is 9.27. The van der Waals surface area contributed by atoms with Crippen LogP contribution in [0.3, 0.4) is 0 Å². The molecule has 156 valence electrons. The van der Waals surface area contributed by atoms with Gasteiger partial charge in [-0.05, 0) is 37.0 Å². The van der Waals surface area contributed by atoms with Crippen LogP contribution < -0.4 is 14.2 Å². The standard InChI is InChI=1S/C20H18BrN3O5S/c1-27-15-5-8-22-19(28-2)17(15)30(25,26)24-18-13-10-20(6-7-20)14-4-3-11(21)9-12(14)16(13)29-23-18/h3-5,8-9H,6-7,10H2,1-2H3,(H,23,24). The van der Waals surface area contributed by atoms with E-state index < -0.39 is 10.0 Å². The lowest BCUT2D eigenvalue weighted by molar-refractivity contribution is 0.361. The van der Waals surface area contributed by atoms with Crippen molar-refractivity contribution in [3.8, 4) is 23.0 Å². The normalized spacial score (nSPS) is 16.0. The molecular formula is C20H18BrN3O5S. The van der Waals surface area contributed by atoms with Gasteiger partial charge in [0.05, 0.1) is 14.2 Å². The minimum atomic E-state index is -4.10. The maximum atomic E-state index is 13.2. The van der Waals surface area contributed by atoms with Crippen molar-refractivity contribution in [3.05, 3.63) is 46.1 Å². The number of pyridine rings is 1. The molecule has 10 heteroatoms. The Morgan fingerprint density at radius 1 is 1.20 bits per heavy atom. The lowest BCUT2D eigenvalue weighted by Gasteiger charge is -2.24. The highest BCUT2D eigenvalue weighted by Crippen LogP contribution is 2.58. The number of nitrogens with zero attached hydrogens (tertiary/aromatic N) is 2. The van der Waals surface area contributed by atoms with Crippen molar-refractivity contribution in [2.24, 2.45) is 0 Å². The van der Waals surface area contributed by atoms with Gasteiger partial charge in [0, 0.05) is 33.3 Å². The van der Waals surface area contributed by atoms with E-state index in [9.17, 15) is 8.42 Å². The van der Waals surface area contributed by atoms with Crippen molar-refractivity contribution >= 4 is 31.8 Å². The van der Waals surface area contributed by atoms with Crippen molar-refractivity contribution in [3.63, 3.8) is 0 Å². The molecule has 1 saturated carbocycles. The van der Waals surface area contributed by atoms with Crippen LogP contribution in [0.25, 0.3) is 11.3 Å². The summed E-state index contributed by atoms with van der Waals surface area (Å²) in [5, 5.41) is 4.06. The number of methoxy groups -OCH3 is 2. The van der Waals surface area contributed by atoms with Gasteiger partial charge >= 0.3 is 0 Å². The van der Waals surface area contributed by atoms with Crippen LogP contribution in [-0.4, -0.2) is 32.8 Å². The molecule has 5 rings (SSSR count). The molecule has 0 radical (unpaired) electrons. The van der Waals surface area contributed by atoms with Gasteiger partial charge in [-0.25, -0.2) is 13.4 Å². The molecule has 0 unspecified atom stereocenters. The molecule has 0 atom stereocenters. The second kappa shape index (κ2) is 6.71. The Morgan fingerprint density at radius 2 is 2.00 bits per heavy atom. The molecule has 1 fully saturated rings. The van der Waals surface area contributed by atoms with Gasteiger partial charge in [0.1, 0.15) is 5.75 Å². The molecule has 0 bridgehead atoms. The van der Waals surface area contributed by atoms with Crippen molar-refractivity contribution in [1.29, 1.82) is 0 Å². The van der Waals surface area contributed by atoms with Crippen LogP contribution in [-0.2, 0) is 21.9 Å². The summed E-state index contributed by atoms with van der Waals surface area (Å²) in [5.41, 5.74) is 2.93. The Bertz CT molecular complexity index is 1250. The van der Waals surface area contributed by atoms with Gasteiger partial charge in [0.2, 0.25) is 5.88 Å². The molecule has 1 aromatic carbocycles. The summed E-state index contributed by atoms with van der Waals surface area (Å²) in [7, 11) is -1.36. The third-order valence-electron chi connectivity index (χ3n) is 5.70. The number of nitrogens with one attached hydrogen (secondary N) is 1. The van der Waals surface area contributed by atoms with Crippen LogP contribution in [0.1, 0.15) is 24.0 Å². The van der Waals surface area contributed by atoms with E-state index in [1.807, 2.05) is 12.1 Å². The highest BCUT2D eigenvalue weighted by molar-refractivity contribution is 9.10. The summed E-state index contributed by atoms with van der Waals surface area (Å²) < 4.78 is 45.9. The SMILES string of the molecule is COc1ccnc(OC)c1S(=O)(=O)Nc1noc2c1CC1(CC1)c1ccc(Br)cc1-2. The van der Waals surface area contributed by atoms with Gasteiger partial charge in [0.25, 0.3) is 10.0 Å². The predicted molar refractivity (Wildman–Crippen MR) is 112 cm³/mol. The average molecular weight is 492 g/mol. The summed E-state index contributed by atoms with van der Waals surface area (Å²) in [6.07, 6.45) is 4.17. The van der Waals surface area contributed by atoms with Crippen LogP contribution in [0, 0.1) is 0 Å². The quantitative estimate of drug-likeness (QED) is 0.576. The zero-order valence-electron chi connectivity index (χ0n) is 16.2. The summed E-state index contributed by atoms with van der Waals surface area (Å²) in [5.74, 6) is 0.827. The van der Waals surface area contributed by atoms with E-state index in [1.54, 1.807) is 0 Å². The lowest BCUT2D eigenvalue weighted by atomic mass is 9.79. The number of aromatic nitrogens is 2. The zero-order valence-corrected chi connectivity index (χ0v) is 18.6. The first kappa shape index (κ1) is 19.4. The molecule has 1 spiro atoms. The minimum absolute atomic E-state index is 0.0124. The fourth-order valence-corrected chi connectivity index (χ4v) is 5.77. The van der Waals surface area contributed by atoms with Crippen LogP contribution >= 0.6 is 15.9 Å². The molecule has 0 amide bonds. The maximum absolute atomic E-state index is 13.2. The number of sulfonamides is 1. The van der Waals surface area contributed by atoms with E-state index in [0.717, 1.165) is 28.4 Å². The fraction of sp³-hybridized carbons (Fsp3) is 0.300. The Kier molecular flexibility index (Phi) is 4.33. The Morgan fingerprint density at radius 3 is 2.70 bits per heavy atom. The lowest BCUT2D eigenvalue weighted by Crippen LogP contribution is -2.20. The van der Waals surface area contributed by atoms with Crippen molar-refractivity contribution in [2.75, 3.05) is 18.9 Å². The summed E-state index contributed by atoms with van der Waals surface area (Å²) in [6.45, 7) is 0. The number of hydrogen-bond donors (Lipinski definition) is 1. The number of halogens is 1. The van der Waals surface area contributed by atoms with Gasteiger partial charge in [-0.3, -0.25) is 4.72 Å². The van der Waals surface area contributed by atoms with E-state index in [0.29, 0.717) is 12.2 Å². The molecule has 2 aliphatic rings. The minimum Gasteiger partial charge on any atom is -0.495 e. The van der Waals surface area contributed by atoms with Crippen molar-refractivity contribution in [1.82, 2.24) is 10.1 Å². The molecule has 30 heavy (non-hydrogen) atoms. The average Bonchev–Trinajstić information content (AvgIpc) is 3.40. The topological polar surface area (TPSA) is 104 Å². The smallest absolute Gasteiger partial charge is 0.272 e. The molecular weight excluding hydrogens is 474 g/mol. The predicted octanol–water partition coefficient (Wildman–Crippen LogP) is 3.90. The second-order valence-corrected chi connectivity index (χ2v) is 9.98. The van der Waals surface area contributed by atoms with E-state index in [1.165, 1.54) is 32.0 Å². The third kappa shape index (κ3) is 2.89. The third-order valence-corrected chi connectivity index (χ3v) is 7.57. The maximum Gasteiger partial charge on any atom is 0.272 e. The summed E-state index contributed by atoms with van der Waals surface area (Å²) in [6, 6.07) is 7.57. The highest BCUT2D eigenvalue weighted by Gasteiger charge is 2.50. The summed E-state index contributed by atoms with van der Waals surface area (Å²) in [4.78, 5) is 3.80. The fourth-order valence-electron chi connectivity index (χ4n) is 4.11.